The van der Waals surface area contributed by atoms with Gasteiger partial charge in [0, 0.05) is 29.1 Å². The predicted octanol–water partition coefficient (Wildman–Crippen LogP) is 5.71. The van der Waals surface area contributed by atoms with Crippen molar-refractivity contribution >= 4 is 28.8 Å². The molecular formula is C24H23ClF3N3O2S. The summed E-state index contributed by atoms with van der Waals surface area (Å²) in [5, 5.41) is 13.9. The van der Waals surface area contributed by atoms with Gasteiger partial charge >= 0.3 is 6.18 Å². The van der Waals surface area contributed by atoms with E-state index in [-0.39, 0.29) is 30.5 Å². The minimum Gasteiger partial charge on any atom is -0.389 e. The van der Waals surface area contributed by atoms with Crippen LogP contribution in [-0.4, -0.2) is 37.8 Å². The molecule has 1 N–H and O–H groups in total. The van der Waals surface area contributed by atoms with Crippen molar-refractivity contribution in [3.05, 3.63) is 75.2 Å². The molecule has 3 aromatic rings. The predicted molar refractivity (Wildman–Crippen MR) is 126 cm³/mol. The SMILES string of the molecule is C=CC(=O)N1Cc2sc(Cl)cc2[C@H](c2ccccc2-c2cn(CC(C)(C)O)nc2C(F)(F)F)C1. The van der Waals surface area contributed by atoms with Gasteiger partial charge in [-0.15, -0.1) is 11.3 Å². The molecule has 0 fully saturated rings. The molecule has 1 aromatic carbocycles. The van der Waals surface area contributed by atoms with E-state index in [2.05, 4.69) is 11.7 Å². The Bertz CT molecular complexity index is 1240. The van der Waals surface area contributed by atoms with Gasteiger partial charge in [-0.05, 0) is 42.7 Å². The topological polar surface area (TPSA) is 58.4 Å². The van der Waals surface area contributed by atoms with Crippen LogP contribution < -0.4 is 0 Å². The van der Waals surface area contributed by atoms with E-state index >= 15 is 0 Å². The minimum absolute atomic E-state index is 0.0811. The highest BCUT2D eigenvalue weighted by Crippen LogP contribution is 2.45. The van der Waals surface area contributed by atoms with Crippen molar-refractivity contribution in [1.29, 1.82) is 0 Å². The van der Waals surface area contributed by atoms with Crippen molar-refractivity contribution in [2.75, 3.05) is 6.54 Å². The van der Waals surface area contributed by atoms with Crippen LogP contribution in [-0.2, 0) is 24.1 Å². The normalized spacial score (nSPS) is 16.4. The fourth-order valence-electron chi connectivity index (χ4n) is 4.30. The molecule has 0 radical (unpaired) electrons. The number of amides is 1. The van der Waals surface area contributed by atoms with Crippen LogP contribution >= 0.6 is 22.9 Å². The third-order valence-electron chi connectivity index (χ3n) is 5.62. The van der Waals surface area contributed by atoms with Crippen LogP contribution in [0.4, 0.5) is 13.2 Å². The third-order valence-corrected chi connectivity index (χ3v) is 6.88. The largest absolute Gasteiger partial charge is 0.435 e. The Morgan fingerprint density at radius 3 is 2.65 bits per heavy atom. The van der Waals surface area contributed by atoms with Crippen molar-refractivity contribution in [3.63, 3.8) is 0 Å². The van der Waals surface area contributed by atoms with Gasteiger partial charge in [-0.25, -0.2) is 0 Å². The van der Waals surface area contributed by atoms with Gasteiger partial charge in [-0.3, -0.25) is 9.48 Å². The fourth-order valence-corrected chi connectivity index (χ4v) is 5.66. The molecule has 0 saturated heterocycles. The highest BCUT2D eigenvalue weighted by atomic mass is 35.5. The smallest absolute Gasteiger partial charge is 0.389 e. The molecule has 2 aromatic heterocycles. The summed E-state index contributed by atoms with van der Waals surface area (Å²) in [6.07, 6.45) is -2.15. The number of aliphatic hydroxyl groups is 1. The second kappa shape index (κ2) is 8.87. The summed E-state index contributed by atoms with van der Waals surface area (Å²) in [7, 11) is 0. The molecule has 1 aliphatic rings. The van der Waals surface area contributed by atoms with E-state index in [4.69, 9.17) is 11.6 Å². The highest BCUT2D eigenvalue weighted by molar-refractivity contribution is 7.16. The highest BCUT2D eigenvalue weighted by Gasteiger charge is 2.39. The van der Waals surface area contributed by atoms with Gasteiger partial charge in [0.2, 0.25) is 5.91 Å². The second-order valence-corrected chi connectivity index (χ2v) is 10.7. The zero-order valence-electron chi connectivity index (χ0n) is 18.6. The first-order valence-electron chi connectivity index (χ1n) is 10.5. The first-order valence-corrected chi connectivity index (χ1v) is 11.7. The monoisotopic (exact) mass is 509 g/mol. The number of carbonyl (C=O) groups is 1. The first kappa shape index (κ1) is 24.5. The summed E-state index contributed by atoms with van der Waals surface area (Å²) in [6.45, 7) is 7.11. The van der Waals surface area contributed by atoms with Crippen molar-refractivity contribution in [2.24, 2.45) is 0 Å². The van der Waals surface area contributed by atoms with Crippen LogP contribution in [0.3, 0.4) is 0 Å². The number of benzene rings is 1. The Kier molecular flexibility index (Phi) is 6.39. The summed E-state index contributed by atoms with van der Waals surface area (Å²) in [6, 6.07) is 8.64. The Labute approximate surface area is 204 Å². The average molecular weight is 510 g/mol. The molecule has 3 heterocycles. The molecule has 34 heavy (non-hydrogen) atoms. The number of alkyl halides is 3. The molecular weight excluding hydrogens is 487 g/mol. The standard InChI is InChI=1S/C24H23ClF3N3O2S/c1-4-21(32)30-10-17(16-9-20(25)34-19(16)12-30)14-7-5-6-8-15(14)18-11-31(13-23(2,3)33)29-22(18)24(26,27)28/h4-9,11,17,33H,1,10,12-13H2,2-3H3/t17-/m0/s1. The molecule has 1 amide bonds. The first-order chi connectivity index (χ1) is 15.9. The summed E-state index contributed by atoms with van der Waals surface area (Å²) >= 11 is 7.63. The lowest BCUT2D eigenvalue weighted by atomic mass is 9.84. The lowest BCUT2D eigenvalue weighted by molar-refractivity contribution is -0.141. The molecule has 0 bridgehead atoms. The molecule has 0 saturated carbocycles. The number of thiophene rings is 1. The molecule has 10 heteroatoms. The van der Waals surface area contributed by atoms with Crippen LogP contribution in [0.25, 0.3) is 11.1 Å². The summed E-state index contributed by atoms with van der Waals surface area (Å²) in [4.78, 5) is 14.9. The Balaban J connectivity index is 1.88. The van der Waals surface area contributed by atoms with E-state index in [9.17, 15) is 23.1 Å². The van der Waals surface area contributed by atoms with Gasteiger partial charge in [0.15, 0.2) is 5.69 Å². The zero-order chi connectivity index (χ0) is 24.8. The number of hydrogen-bond acceptors (Lipinski definition) is 4. The van der Waals surface area contributed by atoms with E-state index < -0.39 is 17.5 Å². The van der Waals surface area contributed by atoms with E-state index in [1.54, 1.807) is 29.2 Å². The maximum atomic E-state index is 14.0. The Hall–Kier alpha value is -2.62. The quantitative estimate of drug-likeness (QED) is 0.448. The fraction of sp³-hybridized carbons (Fsp3) is 0.333. The lowest BCUT2D eigenvalue weighted by Crippen LogP contribution is -2.37. The maximum Gasteiger partial charge on any atom is 0.435 e. The second-order valence-electron chi connectivity index (χ2n) is 8.89. The van der Waals surface area contributed by atoms with Crippen LogP contribution in [0.2, 0.25) is 4.34 Å². The van der Waals surface area contributed by atoms with Gasteiger partial charge in [-0.1, -0.05) is 42.4 Å². The van der Waals surface area contributed by atoms with Gasteiger partial charge in [-0.2, -0.15) is 18.3 Å². The minimum atomic E-state index is -4.69. The maximum absolute atomic E-state index is 14.0. The van der Waals surface area contributed by atoms with Gasteiger partial charge < -0.3 is 10.0 Å². The molecule has 0 aliphatic carbocycles. The van der Waals surface area contributed by atoms with Crippen LogP contribution in [0, 0.1) is 0 Å². The van der Waals surface area contributed by atoms with E-state index in [1.807, 2.05) is 6.07 Å². The number of aromatic nitrogens is 2. The summed E-state index contributed by atoms with van der Waals surface area (Å²) in [5.41, 5.74) is -0.461. The van der Waals surface area contributed by atoms with Crippen LogP contribution in [0.1, 0.15) is 41.5 Å². The Morgan fingerprint density at radius 2 is 2.00 bits per heavy atom. The molecule has 4 rings (SSSR count). The molecule has 1 atom stereocenters. The lowest BCUT2D eigenvalue weighted by Gasteiger charge is -2.33. The van der Waals surface area contributed by atoms with Crippen molar-refractivity contribution in [3.8, 4) is 11.1 Å². The molecule has 0 unspecified atom stereocenters. The molecule has 180 valence electrons. The van der Waals surface area contributed by atoms with Crippen LogP contribution in [0.15, 0.2) is 49.2 Å². The van der Waals surface area contributed by atoms with Crippen LogP contribution in [0.5, 0.6) is 0 Å². The summed E-state index contributed by atoms with van der Waals surface area (Å²) < 4.78 is 43.6. The van der Waals surface area contributed by atoms with E-state index in [0.29, 0.717) is 22.0 Å². The van der Waals surface area contributed by atoms with Gasteiger partial charge in [0.1, 0.15) is 0 Å². The zero-order valence-corrected chi connectivity index (χ0v) is 20.1. The van der Waals surface area contributed by atoms with Crippen molar-refractivity contribution < 1.29 is 23.1 Å². The average Bonchev–Trinajstić information content (AvgIpc) is 3.33. The van der Waals surface area contributed by atoms with Crippen molar-refractivity contribution in [1.82, 2.24) is 14.7 Å². The number of halogens is 4. The third kappa shape index (κ3) is 4.92. The van der Waals surface area contributed by atoms with E-state index in [0.717, 1.165) is 15.1 Å². The number of carbonyl (C=O) groups excluding carboxylic acids is 1. The number of rotatable bonds is 5. The van der Waals surface area contributed by atoms with Gasteiger partial charge in [0.05, 0.1) is 23.0 Å². The number of hydrogen-bond donors (Lipinski definition) is 1. The molecule has 1 aliphatic heterocycles. The molecule has 5 nitrogen and oxygen atoms in total. The number of nitrogens with zero attached hydrogens (tertiary/aromatic N) is 3. The van der Waals surface area contributed by atoms with E-state index in [1.165, 1.54) is 37.5 Å². The number of fused-ring (bicyclic) bond motifs is 1. The van der Waals surface area contributed by atoms with Gasteiger partial charge in [0.25, 0.3) is 0 Å². The Morgan fingerprint density at radius 1 is 1.29 bits per heavy atom. The molecule has 0 spiro atoms. The summed E-state index contributed by atoms with van der Waals surface area (Å²) in [5.74, 6) is -0.641. The van der Waals surface area contributed by atoms with Crippen molar-refractivity contribution in [2.45, 2.75) is 44.6 Å².